The fourth-order valence-corrected chi connectivity index (χ4v) is 14.0. The maximum absolute atomic E-state index is 13.4. The second-order valence-electron chi connectivity index (χ2n) is 29.9. The van der Waals surface area contributed by atoms with Gasteiger partial charge in [-0.1, -0.05) is 382 Å². The number of aliphatic hydroxyl groups excluding tert-OH is 8. The molecule has 12 unspecified atom stereocenters. The van der Waals surface area contributed by atoms with Crippen molar-refractivity contribution < 1.29 is 64.6 Å². The van der Waals surface area contributed by atoms with Gasteiger partial charge in [-0.05, 0) is 64.2 Å². The maximum Gasteiger partial charge on any atom is 0.220 e. The van der Waals surface area contributed by atoms with Crippen molar-refractivity contribution >= 4 is 5.91 Å². The summed E-state index contributed by atoms with van der Waals surface area (Å²) in [5.41, 5.74) is 0. The molecule has 9 N–H and O–H groups in total. The highest BCUT2D eigenvalue weighted by atomic mass is 16.7. The van der Waals surface area contributed by atoms with E-state index in [0.29, 0.717) is 12.8 Å². The molecule has 1 amide bonds. The zero-order valence-corrected chi connectivity index (χ0v) is 64.9. The first-order valence-corrected chi connectivity index (χ1v) is 42.7. The Labute approximate surface area is 618 Å². The summed E-state index contributed by atoms with van der Waals surface area (Å²) in [6.07, 6.45) is 81.0. The molecule has 0 radical (unpaired) electrons. The van der Waals surface area contributed by atoms with Crippen molar-refractivity contribution in [2.45, 2.75) is 453 Å². The third kappa shape index (κ3) is 53.0. The van der Waals surface area contributed by atoms with E-state index in [1.165, 1.54) is 263 Å². The molecule has 12 atom stereocenters. The van der Waals surface area contributed by atoms with E-state index in [-0.39, 0.29) is 12.5 Å². The Bertz CT molecular complexity index is 1980. The van der Waals surface area contributed by atoms with Crippen LogP contribution in [0.25, 0.3) is 0 Å². The van der Waals surface area contributed by atoms with Crippen LogP contribution < -0.4 is 5.32 Å². The van der Waals surface area contributed by atoms with Crippen molar-refractivity contribution in [2.24, 2.45) is 0 Å². The van der Waals surface area contributed by atoms with Gasteiger partial charge in [0.15, 0.2) is 12.6 Å². The molecule has 101 heavy (non-hydrogen) atoms. The lowest BCUT2D eigenvalue weighted by Gasteiger charge is -2.46. The molecule has 0 aromatic heterocycles. The molecule has 14 nitrogen and oxygen atoms in total. The second-order valence-corrected chi connectivity index (χ2v) is 29.9. The number of nitrogens with one attached hydrogen (secondary N) is 1. The molecule has 0 aromatic carbocycles. The zero-order valence-electron chi connectivity index (χ0n) is 64.9. The minimum absolute atomic E-state index is 0.199. The minimum atomic E-state index is -1.78. The lowest BCUT2D eigenvalue weighted by molar-refractivity contribution is -0.359. The first-order chi connectivity index (χ1) is 49.6. The van der Waals surface area contributed by atoms with E-state index in [1.807, 2.05) is 0 Å². The summed E-state index contributed by atoms with van der Waals surface area (Å²) in [7, 11) is 0. The fraction of sp³-hybridized carbons (Fsp3) is 0.851. The van der Waals surface area contributed by atoms with E-state index in [2.05, 4.69) is 92.1 Å². The van der Waals surface area contributed by atoms with Crippen LogP contribution in [0.15, 0.2) is 72.9 Å². The molecule has 0 spiro atoms. The van der Waals surface area contributed by atoms with E-state index in [9.17, 15) is 45.6 Å². The minimum Gasteiger partial charge on any atom is -0.394 e. The number of rotatable bonds is 72. The molecule has 2 aliphatic heterocycles. The number of aliphatic hydroxyl groups is 8. The average Bonchev–Trinajstić information content (AvgIpc) is 0.792. The molecule has 2 rings (SSSR count). The number of carbonyl (C=O) groups excluding carboxylic acids is 1. The average molecular weight is 1430 g/mol. The summed E-state index contributed by atoms with van der Waals surface area (Å²) in [5.74, 6) is -0.199. The fourth-order valence-electron chi connectivity index (χ4n) is 14.0. The van der Waals surface area contributed by atoms with Gasteiger partial charge in [0.2, 0.25) is 5.91 Å². The first kappa shape index (κ1) is 94.5. The van der Waals surface area contributed by atoms with E-state index >= 15 is 0 Å². The monoisotopic (exact) mass is 1430 g/mol. The molecule has 0 aromatic rings. The van der Waals surface area contributed by atoms with Gasteiger partial charge in [0.05, 0.1) is 32.0 Å². The van der Waals surface area contributed by atoms with E-state index in [1.54, 1.807) is 0 Å². The van der Waals surface area contributed by atoms with E-state index in [0.717, 1.165) is 89.9 Å². The Kier molecular flexibility index (Phi) is 65.9. The van der Waals surface area contributed by atoms with Crippen LogP contribution in [0, 0.1) is 0 Å². The van der Waals surface area contributed by atoms with Gasteiger partial charge >= 0.3 is 0 Å². The van der Waals surface area contributed by atoms with Crippen LogP contribution in [-0.4, -0.2) is 140 Å². The Hall–Kier alpha value is -2.57. The molecule has 0 aliphatic carbocycles. The van der Waals surface area contributed by atoms with Gasteiger partial charge in [-0.25, -0.2) is 0 Å². The van der Waals surface area contributed by atoms with Crippen LogP contribution in [-0.2, 0) is 23.7 Å². The number of carbonyl (C=O) groups is 1. The largest absolute Gasteiger partial charge is 0.394 e. The van der Waals surface area contributed by atoms with Crippen molar-refractivity contribution in [3.05, 3.63) is 72.9 Å². The number of hydrogen-bond acceptors (Lipinski definition) is 13. The van der Waals surface area contributed by atoms with Gasteiger partial charge < -0.3 is 65.1 Å². The summed E-state index contributed by atoms with van der Waals surface area (Å²) in [5, 5.41) is 88.0. The van der Waals surface area contributed by atoms with Gasteiger partial charge in [0, 0.05) is 6.42 Å². The van der Waals surface area contributed by atoms with Crippen molar-refractivity contribution in [2.75, 3.05) is 19.8 Å². The molecule has 2 aliphatic rings. The molecular weight excluding hydrogens is 1270 g/mol. The third-order valence-electron chi connectivity index (χ3n) is 20.7. The molecule has 0 bridgehead atoms. The second kappa shape index (κ2) is 70.4. The van der Waals surface area contributed by atoms with E-state index < -0.39 is 86.8 Å². The van der Waals surface area contributed by atoms with E-state index in [4.69, 9.17) is 18.9 Å². The number of amides is 1. The number of ether oxygens (including phenoxy) is 4. The zero-order chi connectivity index (χ0) is 73.0. The molecule has 2 heterocycles. The first-order valence-electron chi connectivity index (χ1n) is 42.7. The molecule has 14 heteroatoms. The van der Waals surface area contributed by atoms with Gasteiger partial charge in [0.25, 0.3) is 0 Å². The highest BCUT2D eigenvalue weighted by Gasteiger charge is 2.51. The van der Waals surface area contributed by atoms with Crippen molar-refractivity contribution in [1.29, 1.82) is 0 Å². The summed E-state index contributed by atoms with van der Waals surface area (Å²) in [6.45, 7) is 2.81. The summed E-state index contributed by atoms with van der Waals surface area (Å²) in [4.78, 5) is 13.4. The third-order valence-corrected chi connectivity index (χ3v) is 20.7. The van der Waals surface area contributed by atoms with Crippen LogP contribution in [0.3, 0.4) is 0 Å². The smallest absolute Gasteiger partial charge is 0.220 e. The molecule has 0 saturated carbocycles. The number of allylic oxidation sites excluding steroid dienone is 12. The summed E-state index contributed by atoms with van der Waals surface area (Å²) < 4.78 is 23.0. The van der Waals surface area contributed by atoms with Gasteiger partial charge in [-0.2, -0.15) is 0 Å². The number of unbranched alkanes of at least 4 members (excludes halogenated alkanes) is 47. The van der Waals surface area contributed by atoms with Crippen LogP contribution in [0.1, 0.15) is 380 Å². The predicted octanol–water partition coefficient (Wildman–Crippen LogP) is 20.1. The van der Waals surface area contributed by atoms with Crippen LogP contribution in [0.5, 0.6) is 0 Å². The Balaban J connectivity index is 1.56. The number of hydrogen-bond donors (Lipinski definition) is 9. The summed E-state index contributed by atoms with van der Waals surface area (Å²) in [6, 6.07) is -0.831. The Morgan fingerprint density at radius 1 is 0.366 bits per heavy atom. The van der Waals surface area contributed by atoms with Crippen LogP contribution in [0.4, 0.5) is 0 Å². The quantitative estimate of drug-likeness (QED) is 0.0204. The molecular formula is C87H159NO13. The predicted molar refractivity (Wildman–Crippen MR) is 420 cm³/mol. The lowest BCUT2D eigenvalue weighted by atomic mass is 9.97. The maximum atomic E-state index is 13.4. The van der Waals surface area contributed by atoms with Gasteiger partial charge in [0.1, 0.15) is 48.8 Å². The van der Waals surface area contributed by atoms with Crippen molar-refractivity contribution in [3.63, 3.8) is 0 Å². The lowest BCUT2D eigenvalue weighted by Crippen LogP contribution is -2.65. The van der Waals surface area contributed by atoms with Crippen LogP contribution in [0.2, 0.25) is 0 Å². The Morgan fingerprint density at radius 2 is 0.683 bits per heavy atom. The van der Waals surface area contributed by atoms with Crippen molar-refractivity contribution in [3.8, 4) is 0 Å². The van der Waals surface area contributed by atoms with Gasteiger partial charge in [-0.3, -0.25) is 4.79 Å². The van der Waals surface area contributed by atoms with Crippen molar-refractivity contribution in [1.82, 2.24) is 5.32 Å². The highest BCUT2D eigenvalue weighted by molar-refractivity contribution is 5.76. The topological polar surface area (TPSA) is 228 Å². The SMILES string of the molecule is CC/C=C\C/C=C\C/C=C\C/C=C\C/C=C\C/C=C\CCCCCCCCCCCCCCCCCCCCCCCCC(=O)NC(COC1OC(CO)C(OC2OC(CO)C(O)C(O)C2O)C(O)C1O)C(O)CCCCCCCCCCCCCCCCCCCCCCCCCCCC. The van der Waals surface area contributed by atoms with Crippen LogP contribution >= 0.6 is 0 Å². The van der Waals surface area contributed by atoms with Gasteiger partial charge in [-0.15, -0.1) is 0 Å². The molecule has 2 saturated heterocycles. The standard InChI is InChI=1S/C87H159NO13/c1-3-5-7-9-11-13-15-17-19-21-23-25-27-29-31-32-33-34-35-36-37-38-39-40-41-42-43-44-45-47-49-51-53-55-57-59-61-63-65-67-69-71-79(92)88-75(74-98-86-84(97)82(95)85(78(73-90)100-86)101-87-83(96)81(94)80(93)77(72-89)99-87)76(91)70-68-66-64-62-60-58-56-54-52-50-48-46-30-28-26-24-22-20-18-16-14-12-10-8-6-4-2/h5,7,11,13,17,19,23,25,29,31,33-34,75-78,80-87,89-91,93-97H,3-4,6,8-10,12,14-16,18,20-22,24,26-28,30,32,35-74H2,1-2H3,(H,88,92)/b7-5-,13-11-,19-17-,25-23-,31-29-,34-33-. The summed E-state index contributed by atoms with van der Waals surface area (Å²) >= 11 is 0. The highest BCUT2D eigenvalue weighted by Crippen LogP contribution is 2.31. The molecule has 2 fully saturated rings. The Morgan fingerprint density at radius 3 is 1.05 bits per heavy atom. The normalized spacial score (nSPS) is 22.1. The molecule has 590 valence electrons.